The summed E-state index contributed by atoms with van der Waals surface area (Å²) in [6.45, 7) is 13.9. The molecule has 2 N–H and O–H groups in total. The summed E-state index contributed by atoms with van der Waals surface area (Å²) in [6, 6.07) is 4.41. The van der Waals surface area contributed by atoms with E-state index in [9.17, 15) is 0 Å². The van der Waals surface area contributed by atoms with Gasteiger partial charge in [-0.05, 0) is 71.2 Å². The number of oxazole rings is 1. The fraction of sp³-hybridized carbons (Fsp3) is 0.636. The summed E-state index contributed by atoms with van der Waals surface area (Å²) >= 11 is 1.86. The summed E-state index contributed by atoms with van der Waals surface area (Å²) in [5, 5.41) is 6.93. The van der Waals surface area contributed by atoms with E-state index >= 15 is 0 Å². The van der Waals surface area contributed by atoms with Crippen molar-refractivity contribution in [2.24, 2.45) is 10.9 Å². The van der Waals surface area contributed by atoms with Gasteiger partial charge in [-0.15, -0.1) is 11.3 Å². The molecule has 0 radical (unpaired) electrons. The Morgan fingerprint density at radius 2 is 1.97 bits per heavy atom. The van der Waals surface area contributed by atoms with Crippen molar-refractivity contribution in [2.75, 3.05) is 26.2 Å². The van der Waals surface area contributed by atoms with Crippen LogP contribution in [0.2, 0.25) is 0 Å². The first kappa shape index (κ1) is 21.8. The van der Waals surface area contributed by atoms with Crippen molar-refractivity contribution in [1.82, 2.24) is 20.5 Å². The highest BCUT2D eigenvalue weighted by molar-refractivity contribution is 7.11. The summed E-state index contributed by atoms with van der Waals surface area (Å²) in [5.74, 6) is 3.38. The largest absolute Gasteiger partial charge is 0.444 e. The second-order valence-corrected chi connectivity index (χ2v) is 9.02. The van der Waals surface area contributed by atoms with Gasteiger partial charge in [-0.2, -0.15) is 0 Å². The van der Waals surface area contributed by atoms with Gasteiger partial charge in [-0.3, -0.25) is 4.90 Å². The molecule has 29 heavy (non-hydrogen) atoms. The van der Waals surface area contributed by atoms with Gasteiger partial charge in [0.05, 0.1) is 18.8 Å². The number of rotatable bonds is 8. The second kappa shape index (κ2) is 10.8. The first-order chi connectivity index (χ1) is 14.1. The number of nitrogens with one attached hydrogen (secondary N) is 2. The predicted octanol–water partition coefficient (Wildman–Crippen LogP) is 3.88. The molecule has 0 unspecified atom stereocenters. The van der Waals surface area contributed by atoms with Gasteiger partial charge in [0.1, 0.15) is 5.76 Å². The van der Waals surface area contributed by atoms with E-state index in [-0.39, 0.29) is 0 Å². The van der Waals surface area contributed by atoms with E-state index in [1.54, 1.807) is 0 Å². The summed E-state index contributed by atoms with van der Waals surface area (Å²) in [5.41, 5.74) is 1.00. The van der Waals surface area contributed by atoms with Crippen LogP contribution >= 0.6 is 11.3 Å². The van der Waals surface area contributed by atoms with Crippen LogP contribution in [0.25, 0.3) is 0 Å². The van der Waals surface area contributed by atoms with E-state index < -0.39 is 0 Å². The Hall–Kier alpha value is -1.86. The molecule has 1 aliphatic rings. The summed E-state index contributed by atoms with van der Waals surface area (Å²) < 4.78 is 5.73. The van der Waals surface area contributed by atoms with Crippen molar-refractivity contribution in [3.63, 3.8) is 0 Å². The SMILES string of the molecule is CCNC(=NCc1ccc(CC)s1)NCC1CCN(Cc2nc(C)c(C)o2)CC1. The Balaban J connectivity index is 1.42. The number of hydrogen-bond donors (Lipinski definition) is 2. The maximum absolute atomic E-state index is 5.73. The van der Waals surface area contributed by atoms with Gasteiger partial charge in [-0.1, -0.05) is 6.92 Å². The number of hydrogen-bond acceptors (Lipinski definition) is 5. The molecule has 2 aromatic heterocycles. The average molecular weight is 418 g/mol. The molecule has 6 nitrogen and oxygen atoms in total. The van der Waals surface area contributed by atoms with Gasteiger partial charge >= 0.3 is 0 Å². The summed E-state index contributed by atoms with van der Waals surface area (Å²) in [7, 11) is 0. The lowest BCUT2D eigenvalue weighted by Crippen LogP contribution is -2.42. The first-order valence-electron chi connectivity index (χ1n) is 10.8. The van der Waals surface area contributed by atoms with Crippen LogP contribution in [-0.4, -0.2) is 42.0 Å². The minimum atomic E-state index is 0.677. The molecule has 1 aliphatic heterocycles. The van der Waals surface area contributed by atoms with Crippen LogP contribution in [0.4, 0.5) is 0 Å². The van der Waals surface area contributed by atoms with Crippen LogP contribution in [0, 0.1) is 19.8 Å². The fourth-order valence-corrected chi connectivity index (χ4v) is 4.47. The van der Waals surface area contributed by atoms with E-state index in [4.69, 9.17) is 9.41 Å². The third-order valence-corrected chi connectivity index (χ3v) is 6.71. The van der Waals surface area contributed by atoms with Crippen molar-refractivity contribution < 1.29 is 4.42 Å². The smallest absolute Gasteiger partial charge is 0.208 e. The van der Waals surface area contributed by atoms with E-state index in [1.165, 1.54) is 22.6 Å². The van der Waals surface area contributed by atoms with Crippen molar-refractivity contribution in [1.29, 1.82) is 0 Å². The number of piperidine rings is 1. The minimum absolute atomic E-state index is 0.677. The number of likely N-dealkylation sites (tertiary alicyclic amines) is 1. The monoisotopic (exact) mass is 417 g/mol. The molecule has 1 fully saturated rings. The molecule has 7 heteroatoms. The molecule has 160 valence electrons. The highest BCUT2D eigenvalue weighted by atomic mass is 32.1. The Kier molecular flexibility index (Phi) is 8.12. The maximum Gasteiger partial charge on any atom is 0.208 e. The zero-order valence-electron chi connectivity index (χ0n) is 18.3. The molecule has 3 rings (SSSR count). The summed E-state index contributed by atoms with van der Waals surface area (Å²) in [6.07, 6.45) is 3.48. The van der Waals surface area contributed by atoms with Gasteiger partial charge in [-0.25, -0.2) is 9.98 Å². The molecule has 0 aromatic carbocycles. The molecule has 2 aromatic rings. The van der Waals surface area contributed by atoms with Gasteiger partial charge in [0.15, 0.2) is 5.96 Å². The quantitative estimate of drug-likeness (QED) is 0.504. The average Bonchev–Trinajstić information content (AvgIpc) is 3.31. The molecule has 1 saturated heterocycles. The third-order valence-electron chi connectivity index (χ3n) is 5.50. The Bertz CT molecular complexity index is 769. The first-order valence-corrected chi connectivity index (χ1v) is 11.6. The predicted molar refractivity (Wildman–Crippen MR) is 120 cm³/mol. The third kappa shape index (κ3) is 6.57. The van der Waals surface area contributed by atoms with Crippen molar-refractivity contribution in [3.05, 3.63) is 39.2 Å². The number of aliphatic imine (C=N–C) groups is 1. The molecule has 0 atom stereocenters. The van der Waals surface area contributed by atoms with Crippen molar-refractivity contribution in [3.8, 4) is 0 Å². The van der Waals surface area contributed by atoms with Crippen LogP contribution < -0.4 is 10.6 Å². The summed E-state index contributed by atoms with van der Waals surface area (Å²) in [4.78, 5) is 14.5. The minimum Gasteiger partial charge on any atom is -0.444 e. The van der Waals surface area contributed by atoms with Crippen LogP contribution in [0.1, 0.15) is 53.8 Å². The molecular weight excluding hydrogens is 382 g/mol. The van der Waals surface area contributed by atoms with Crippen molar-refractivity contribution in [2.45, 2.75) is 60.0 Å². The van der Waals surface area contributed by atoms with Gasteiger partial charge < -0.3 is 15.1 Å². The number of aromatic nitrogens is 1. The number of thiophene rings is 1. The number of aryl methyl sites for hydroxylation is 3. The highest BCUT2D eigenvalue weighted by Crippen LogP contribution is 2.20. The molecule has 0 bridgehead atoms. The Labute approximate surface area is 178 Å². The fourth-order valence-electron chi connectivity index (χ4n) is 3.58. The molecule has 0 spiro atoms. The van der Waals surface area contributed by atoms with E-state index in [1.807, 2.05) is 25.2 Å². The van der Waals surface area contributed by atoms with Gasteiger partial charge in [0.25, 0.3) is 0 Å². The Morgan fingerprint density at radius 3 is 2.59 bits per heavy atom. The lowest BCUT2D eigenvalue weighted by atomic mass is 9.97. The number of guanidine groups is 1. The van der Waals surface area contributed by atoms with E-state index in [2.05, 4.69) is 46.5 Å². The molecule has 0 aliphatic carbocycles. The second-order valence-electron chi connectivity index (χ2n) is 7.77. The van der Waals surface area contributed by atoms with Gasteiger partial charge in [0.2, 0.25) is 5.89 Å². The molecule has 0 amide bonds. The van der Waals surface area contributed by atoms with Crippen LogP contribution in [0.3, 0.4) is 0 Å². The zero-order chi connectivity index (χ0) is 20.6. The topological polar surface area (TPSA) is 65.7 Å². The normalized spacial score (nSPS) is 16.3. The molecular formula is C22H35N5OS. The van der Waals surface area contributed by atoms with Crippen LogP contribution in [0.5, 0.6) is 0 Å². The highest BCUT2D eigenvalue weighted by Gasteiger charge is 2.21. The zero-order valence-corrected chi connectivity index (χ0v) is 19.1. The van der Waals surface area contributed by atoms with Crippen LogP contribution in [-0.2, 0) is 19.5 Å². The van der Waals surface area contributed by atoms with E-state index in [0.717, 1.165) is 69.0 Å². The maximum atomic E-state index is 5.73. The standard InChI is InChI=1S/C22H35N5OS/c1-5-19-7-8-20(29-19)14-25-22(23-6-2)24-13-18-9-11-27(12-10-18)15-21-26-16(3)17(4)28-21/h7-8,18H,5-6,9-15H2,1-4H3,(H2,23,24,25). The van der Waals surface area contributed by atoms with Crippen molar-refractivity contribution >= 4 is 17.3 Å². The molecule has 3 heterocycles. The lowest BCUT2D eigenvalue weighted by Gasteiger charge is -2.31. The Morgan fingerprint density at radius 1 is 1.21 bits per heavy atom. The van der Waals surface area contributed by atoms with Crippen LogP contribution in [0.15, 0.2) is 21.5 Å². The van der Waals surface area contributed by atoms with E-state index in [0.29, 0.717) is 5.92 Å². The molecule has 0 saturated carbocycles. The number of nitrogens with zero attached hydrogens (tertiary/aromatic N) is 3. The lowest BCUT2D eigenvalue weighted by molar-refractivity contribution is 0.164. The van der Waals surface area contributed by atoms with Gasteiger partial charge in [0, 0.05) is 22.8 Å².